The zero-order valence-corrected chi connectivity index (χ0v) is 11.7. The van der Waals surface area contributed by atoms with Crippen LogP contribution in [0.3, 0.4) is 0 Å². The Morgan fingerprint density at radius 3 is 3.21 bits per heavy atom. The van der Waals surface area contributed by atoms with E-state index in [1.54, 1.807) is 17.5 Å². The summed E-state index contributed by atoms with van der Waals surface area (Å²) >= 11 is 1.70. The van der Waals surface area contributed by atoms with Crippen molar-refractivity contribution in [3.63, 3.8) is 0 Å². The van der Waals surface area contributed by atoms with E-state index in [9.17, 15) is 0 Å². The summed E-state index contributed by atoms with van der Waals surface area (Å²) in [5, 5.41) is 7.63. The molecule has 1 atom stereocenters. The average molecular weight is 274 g/mol. The minimum absolute atomic E-state index is 0.603. The van der Waals surface area contributed by atoms with E-state index in [4.69, 9.17) is 4.74 Å². The van der Waals surface area contributed by atoms with Crippen molar-refractivity contribution in [3.05, 3.63) is 35.2 Å². The van der Waals surface area contributed by atoms with Gasteiger partial charge in [0.15, 0.2) is 0 Å². The van der Waals surface area contributed by atoms with Crippen molar-refractivity contribution < 1.29 is 4.74 Å². The van der Waals surface area contributed by atoms with Crippen molar-refractivity contribution in [2.75, 3.05) is 19.7 Å². The lowest BCUT2D eigenvalue weighted by atomic mass is 10.0. The third kappa shape index (κ3) is 3.14. The first-order valence-electron chi connectivity index (χ1n) is 6.74. The van der Waals surface area contributed by atoms with Crippen LogP contribution in [0.15, 0.2) is 35.2 Å². The molecule has 1 unspecified atom stereocenters. The Morgan fingerprint density at radius 2 is 2.42 bits per heavy atom. The van der Waals surface area contributed by atoms with Gasteiger partial charge in [-0.2, -0.15) is 11.3 Å². The molecule has 0 saturated carbocycles. The molecule has 3 heterocycles. The summed E-state index contributed by atoms with van der Waals surface area (Å²) in [6, 6.07) is 6.14. The summed E-state index contributed by atoms with van der Waals surface area (Å²) < 4.78 is 5.95. The van der Waals surface area contributed by atoms with Crippen LogP contribution in [0.1, 0.15) is 12.8 Å². The molecule has 1 aliphatic rings. The van der Waals surface area contributed by atoms with Crippen LogP contribution in [0, 0.1) is 5.92 Å². The second kappa shape index (κ2) is 6.17. The normalized spacial score (nSPS) is 19.3. The predicted molar refractivity (Wildman–Crippen MR) is 78.6 cm³/mol. The van der Waals surface area contributed by atoms with E-state index in [-0.39, 0.29) is 0 Å². The van der Waals surface area contributed by atoms with E-state index in [0.29, 0.717) is 5.92 Å². The molecule has 3 nitrogen and oxygen atoms in total. The van der Waals surface area contributed by atoms with Gasteiger partial charge in [0.2, 0.25) is 5.88 Å². The second-order valence-electron chi connectivity index (χ2n) is 4.89. The Balaban J connectivity index is 1.70. The molecular weight excluding hydrogens is 256 g/mol. The van der Waals surface area contributed by atoms with Crippen LogP contribution >= 0.6 is 11.3 Å². The van der Waals surface area contributed by atoms with Gasteiger partial charge in [-0.3, -0.25) is 0 Å². The van der Waals surface area contributed by atoms with Gasteiger partial charge in [-0.25, -0.2) is 4.98 Å². The van der Waals surface area contributed by atoms with Gasteiger partial charge < -0.3 is 10.1 Å². The zero-order chi connectivity index (χ0) is 12.9. The smallest absolute Gasteiger partial charge is 0.221 e. The summed E-state index contributed by atoms with van der Waals surface area (Å²) in [5.41, 5.74) is 2.28. The number of piperidine rings is 1. The minimum atomic E-state index is 0.603. The SMILES string of the molecule is c1cnc(OCC2CCCNC2)c(-c2ccsc2)c1. The fraction of sp³-hybridized carbons (Fsp3) is 0.400. The van der Waals surface area contributed by atoms with E-state index in [1.807, 2.05) is 6.07 Å². The molecule has 3 rings (SSSR count). The molecule has 2 aromatic rings. The quantitative estimate of drug-likeness (QED) is 0.929. The number of ether oxygens (including phenoxy) is 1. The average Bonchev–Trinajstić information content (AvgIpc) is 3.01. The number of thiophene rings is 1. The van der Waals surface area contributed by atoms with E-state index in [1.165, 1.54) is 18.4 Å². The first-order valence-corrected chi connectivity index (χ1v) is 7.69. The van der Waals surface area contributed by atoms with Crippen molar-refractivity contribution in [1.82, 2.24) is 10.3 Å². The summed E-state index contributed by atoms with van der Waals surface area (Å²) in [4.78, 5) is 4.38. The second-order valence-corrected chi connectivity index (χ2v) is 5.67. The first-order chi connectivity index (χ1) is 9.43. The Hall–Kier alpha value is -1.39. The zero-order valence-electron chi connectivity index (χ0n) is 10.8. The molecule has 100 valence electrons. The van der Waals surface area contributed by atoms with Crippen molar-refractivity contribution in [3.8, 4) is 17.0 Å². The van der Waals surface area contributed by atoms with Crippen LogP contribution in [-0.2, 0) is 0 Å². The number of nitrogens with zero attached hydrogens (tertiary/aromatic N) is 1. The number of rotatable bonds is 4. The van der Waals surface area contributed by atoms with Crippen molar-refractivity contribution in [2.45, 2.75) is 12.8 Å². The summed E-state index contributed by atoms with van der Waals surface area (Å²) in [6.45, 7) is 2.95. The van der Waals surface area contributed by atoms with Crippen LogP contribution in [0.2, 0.25) is 0 Å². The highest BCUT2D eigenvalue weighted by Crippen LogP contribution is 2.29. The fourth-order valence-electron chi connectivity index (χ4n) is 2.41. The van der Waals surface area contributed by atoms with Gasteiger partial charge >= 0.3 is 0 Å². The molecule has 1 N–H and O–H groups in total. The van der Waals surface area contributed by atoms with Crippen molar-refractivity contribution >= 4 is 11.3 Å². The Bertz CT molecular complexity index is 507. The van der Waals surface area contributed by atoms with Gasteiger partial charge in [0.25, 0.3) is 0 Å². The van der Waals surface area contributed by atoms with Gasteiger partial charge in [0, 0.05) is 24.2 Å². The maximum atomic E-state index is 5.95. The Labute approximate surface area is 117 Å². The molecule has 19 heavy (non-hydrogen) atoms. The van der Waals surface area contributed by atoms with Crippen LogP contribution in [0.25, 0.3) is 11.1 Å². The number of nitrogens with one attached hydrogen (secondary N) is 1. The monoisotopic (exact) mass is 274 g/mol. The van der Waals surface area contributed by atoms with Crippen LogP contribution < -0.4 is 10.1 Å². The number of hydrogen-bond acceptors (Lipinski definition) is 4. The fourth-order valence-corrected chi connectivity index (χ4v) is 3.06. The molecule has 0 aromatic carbocycles. The number of hydrogen-bond donors (Lipinski definition) is 1. The minimum Gasteiger partial charge on any atom is -0.477 e. The topological polar surface area (TPSA) is 34.1 Å². The molecule has 2 aromatic heterocycles. The molecule has 4 heteroatoms. The van der Waals surface area contributed by atoms with Gasteiger partial charge in [-0.15, -0.1) is 0 Å². The molecule has 1 aliphatic heterocycles. The highest BCUT2D eigenvalue weighted by molar-refractivity contribution is 7.08. The first kappa shape index (κ1) is 12.6. The third-order valence-corrected chi connectivity index (χ3v) is 4.14. The van der Waals surface area contributed by atoms with E-state index in [0.717, 1.165) is 31.1 Å². The highest BCUT2D eigenvalue weighted by atomic mass is 32.1. The Morgan fingerprint density at radius 1 is 1.42 bits per heavy atom. The largest absolute Gasteiger partial charge is 0.477 e. The lowest BCUT2D eigenvalue weighted by molar-refractivity contribution is 0.213. The molecule has 0 radical (unpaired) electrons. The Kier molecular flexibility index (Phi) is 4.10. The predicted octanol–water partition coefficient (Wildman–Crippen LogP) is 3.19. The number of aromatic nitrogens is 1. The van der Waals surface area contributed by atoms with Gasteiger partial charge in [-0.05, 0) is 53.9 Å². The molecule has 0 bridgehead atoms. The van der Waals surface area contributed by atoms with E-state index >= 15 is 0 Å². The van der Waals surface area contributed by atoms with Crippen molar-refractivity contribution in [1.29, 1.82) is 0 Å². The third-order valence-electron chi connectivity index (χ3n) is 3.46. The summed E-state index contributed by atoms with van der Waals surface area (Å²) in [6.07, 6.45) is 4.28. The van der Waals surface area contributed by atoms with E-state index in [2.05, 4.69) is 33.2 Å². The summed E-state index contributed by atoms with van der Waals surface area (Å²) in [5.74, 6) is 1.36. The lowest BCUT2D eigenvalue weighted by Crippen LogP contribution is -2.33. The maximum absolute atomic E-state index is 5.95. The van der Waals surface area contributed by atoms with Crippen molar-refractivity contribution in [2.24, 2.45) is 5.92 Å². The summed E-state index contributed by atoms with van der Waals surface area (Å²) in [7, 11) is 0. The molecule has 0 amide bonds. The molecule has 1 saturated heterocycles. The van der Waals surface area contributed by atoms with Gasteiger partial charge in [0.1, 0.15) is 0 Å². The molecule has 1 fully saturated rings. The van der Waals surface area contributed by atoms with Crippen LogP contribution in [0.4, 0.5) is 0 Å². The number of pyridine rings is 1. The highest BCUT2D eigenvalue weighted by Gasteiger charge is 2.15. The van der Waals surface area contributed by atoms with Crippen LogP contribution in [0.5, 0.6) is 5.88 Å². The standard InChI is InChI=1S/C15H18N2OS/c1-3-12(9-16-6-1)10-18-15-14(4-2-7-17-15)13-5-8-19-11-13/h2,4-5,7-8,11-12,16H,1,3,6,9-10H2. The molecule has 0 spiro atoms. The lowest BCUT2D eigenvalue weighted by Gasteiger charge is -2.22. The molecular formula is C15H18N2OS. The van der Waals surface area contributed by atoms with E-state index < -0.39 is 0 Å². The maximum Gasteiger partial charge on any atom is 0.221 e. The molecule has 0 aliphatic carbocycles. The van der Waals surface area contributed by atoms with Gasteiger partial charge in [-0.1, -0.05) is 0 Å². The van der Waals surface area contributed by atoms with Crippen LogP contribution in [-0.4, -0.2) is 24.7 Å². The van der Waals surface area contributed by atoms with Gasteiger partial charge in [0.05, 0.1) is 6.61 Å².